The maximum Gasteiger partial charge on any atom is 0.150 e. The number of rotatable bonds is 4. The molecule has 0 spiro atoms. The van der Waals surface area contributed by atoms with Crippen molar-refractivity contribution in [3.63, 3.8) is 0 Å². The van der Waals surface area contributed by atoms with Crippen molar-refractivity contribution in [2.45, 2.75) is 0 Å². The Morgan fingerprint density at radius 3 is 0.900 bits per heavy atom. The summed E-state index contributed by atoms with van der Waals surface area (Å²) in [4.78, 5) is 26.3. The maximum atomic E-state index is 11.0. The number of anilines is 2. The first-order valence-electron chi connectivity index (χ1n) is 13.9. The molecule has 0 unspecified atom stereocenters. The molecule has 2 aromatic carbocycles. The van der Waals surface area contributed by atoms with Crippen LogP contribution in [-0.2, 0) is 28.4 Å². The highest BCUT2D eigenvalue weighted by Crippen LogP contribution is 2.15. The molecule has 1 fully saturated rings. The predicted molar refractivity (Wildman–Crippen MR) is 153 cm³/mol. The van der Waals surface area contributed by atoms with Gasteiger partial charge in [0.1, 0.15) is 12.6 Å². The summed E-state index contributed by atoms with van der Waals surface area (Å²) in [6.07, 6.45) is 1.68. The van der Waals surface area contributed by atoms with Crippen LogP contribution in [-0.4, -0.2) is 118 Å². The molecule has 1 aliphatic rings. The van der Waals surface area contributed by atoms with Gasteiger partial charge in [-0.3, -0.25) is 9.59 Å². The Hall–Kier alpha value is -2.86. The second-order valence-corrected chi connectivity index (χ2v) is 9.07. The highest BCUT2D eigenvalue weighted by atomic mass is 16.5. The normalized spacial score (nSPS) is 18.9. The van der Waals surface area contributed by atoms with Crippen LogP contribution in [0.1, 0.15) is 20.7 Å². The summed E-state index contributed by atoms with van der Waals surface area (Å²) in [7, 11) is 0. The van der Waals surface area contributed by atoms with Gasteiger partial charge in [0, 0.05) is 48.7 Å². The van der Waals surface area contributed by atoms with E-state index in [-0.39, 0.29) is 0 Å². The van der Waals surface area contributed by atoms with Crippen LogP contribution >= 0.6 is 0 Å². The number of benzene rings is 2. The van der Waals surface area contributed by atoms with E-state index in [0.29, 0.717) is 117 Å². The Morgan fingerprint density at radius 1 is 0.400 bits per heavy atom. The van der Waals surface area contributed by atoms with Gasteiger partial charge in [0.05, 0.1) is 79.3 Å². The van der Waals surface area contributed by atoms with Gasteiger partial charge in [-0.25, -0.2) is 0 Å². The topological polar surface area (TPSA) is 96.0 Å². The molecule has 1 saturated heterocycles. The quantitative estimate of drug-likeness (QED) is 0.522. The van der Waals surface area contributed by atoms with Crippen molar-refractivity contribution >= 4 is 23.9 Å². The number of hydrogen-bond donors (Lipinski definition) is 0. The number of nitrogens with zero attached hydrogens (tertiary/aromatic N) is 2. The van der Waals surface area contributed by atoms with Crippen molar-refractivity contribution in [1.82, 2.24) is 0 Å². The van der Waals surface area contributed by atoms with Crippen molar-refractivity contribution in [2.75, 3.05) is 115 Å². The Morgan fingerprint density at radius 2 is 0.650 bits per heavy atom. The second kappa shape index (κ2) is 20.1. The van der Waals surface area contributed by atoms with E-state index in [2.05, 4.69) is 9.80 Å². The van der Waals surface area contributed by atoms with Crippen LogP contribution in [0.5, 0.6) is 0 Å². The lowest BCUT2D eigenvalue weighted by Gasteiger charge is -2.25. The van der Waals surface area contributed by atoms with E-state index in [1.54, 1.807) is 0 Å². The lowest BCUT2D eigenvalue weighted by Crippen LogP contribution is -2.32. The van der Waals surface area contributed by atoms with Crippen LogP contribution in [0.25, 0.3) is 0 Å². The zero-order valence-electron chi connectivity index (χ0n) is 23.2. The van der Waals surface area contributed by atoms with E-state index >= 15 is 0 Å². The fourth-order valence-corrected chi connectivity index (χ4v) is 4.05. The fourth-order valence-electron chi connectivity index (χ4n) is 4.05. The molecule has 40 heavy (non-hydrogen) atoms. The zero-order valence-corrected chi connectivity index (χ0v) is 23.2. The summed E-state index contributed by atoms with van der Waals surface area (Å²) < 4.78 is 34.4. The molecule has 0 amide bonds. The smallest absolute Gasteiger partial charge is 0.150 e. The number of ether oxygens (including phenoxy) is 6. The van der Waals surface area contributed by atoms with Gasteiger partial charge < -0.3 is 38.2 Å². The Balaban J connectivity index is 1.45. The van der Waals surface area contributed by atoms with Crippen LogP contribution in [0.2, 0.25) is 0 Å². The first-order valence-corrected chi connectivity index (χ1v) is 13.9. The van der Waals surface area contributed by atoms with Gasteiger partial charge in [-0.2, -0.15) is 0 Å². The third kappa shape index (κ3) is 12.5. The molecule has 10 nitrogen and oxygen atoms in total. The minimum atomic E-state index is 0.493. The molecular weight excluding hydrogens is 516 g/mol. The first kappa shape index (κ1) is 31.7. The van der Waals surface area contributed by atoms with Gasteiger partial charge in [0.25, 0.3) is 0 Å². The molecule has 220 valence electrons. The molecule has 2 aromatic rings. The number of aldehydes is 2. The Labute approximate surface area is 237 Å². The molecule has 0 aromatic heterocycles. The summed E-state index contributed by atoms with van der Waals surface area (Å²) in [5, 5.41) is 0. The van der Waals surface area contributed by atoms with E-state index in [1.807, 2.05) is 48.5 Å². The highest BCUT2D eigenvalue weighted by Gasteiger charge is 2.09. The van der Waals surface area contributed by atoms with Gasteiger partial charge in [-0.15, -0.1) is 0 Å². The SMILES string of the molecule is O=Cc1ccc(N2CCOCCOCCOCCN(c3ccc(C=O)cc3)CCOCCOCCOCC2)cc1. The molecule has 0 bridgehead atoms. The molecule has 10 heteroatoms. The van der Waals surface area contributed by atoms with E-state index in [1.165, 1.54) is 0 Å². The van der Waals surface area contributed by atoms with Crippen LogP contribution in [0.15, 0.2) is 48.5 Å². The van der Waals surface area contributed by atoms with Gasteiger partial charge in [0.15, 0.2) is 0 Å². The predicted octanol–water partition coefficient (Wildman–Crippen LogP) is 2.74. The van der Waals surface area contributed by atoms with E-state index in [0.717, 1.165) is 23.9 Å². The van der Waals surface area contributed by atoms with Gasteiger partial charge in [-0.05, 0) is 48.5 Å². The molecule has 0 N–H and O–H groups in total. The molecule has 1 heterocycles. The number of carbonyl (C=O) groups excluding carboxylic acids is 2. The average Bonchev–Trinajstić information content (AvgIpc) is 3.00. The summed E-state index contributed by atoms with van der Waals surface area (Å²) in [6.45, 7) is 8.89. The standard InChI is InChI=1S/C30H42N2O8/c33-25-27-1-5-29(6-2-27)31-9-13-35-17-21-39-23-19-37-15-11-32(30-7-3-28(26-34)4-8-30)12-16-38-20-24-40-22-18-36-14-10-31/h1-8,25-26H,9-24H2. The van der Waals surface area contributed by atoms with Crippen molar-refractivity contribution in [3.8, 4) is 0 Å². The lowest BCUT2D eigenvalue weighted by molar-refractivity contribution is 0.0126. The molecular formula is C30H42N2O8. The second-order valence-electron chi connectivity index (χ2n) is 9.07. The first-order chi connectivity index (χ1) is 19.8. The van der Waals surface area contributed by atoms with Crippen molar-refractivity contribution in [2.24, 2.45) is 0 Å². The minimum absolute atomic E-state index is 0.493. The molecule has 3 rings (SSSR count). The summed E-state index contributed by atoms with van der Waals surface area (Å²) in [5.74, 6) is 0. The van der Waals surface area contributed by atoms with Gasteiger partial charge in [-0.1, -0.05) is 0 Å². The van der Waals surface area contributed by atoms with E-state index in [9.17, 15) is 9.59 Å². The van der Waals surface area contributed by atoms with Crippen LogP contribution in [0.3, 0.4) is 0 Å². The molecule has 0 radical (unpaired) electrons. The van der Waals surface area contributed by atoms with Crippen molar-refractivity contribution < 1.29 is 38.0 Å². The third-order valence-electron chi connectivity index (χ3n) is 6.30. The summed E-state index contributed by atoms with van der Waals surface area (Å²) >= 11 is 0. The van der Waals surface area contributed by atoms with Crippen LogP contribution in [0, 0.1) is 0 Å². The fraction of sp³-hybridized carbons (Fsp3) is 0.533. The summed E-state index contributed by atoms with van der Waals surface area (Å²) in [6, 6.07) is 15.0. The van der Waals surface area contributed by atoms with E-state index < -0.39 is 0 Å². The summed E-state index contributed by atoms with van der Waals surface area (Å²) in [5.41, 5.74) is 3.31. The molecule has 0 atom stereocenters. The lowest BCUT2D eigenvalue weighted by atomic mass is 10.2. The zero-order chi connectivity index (χ0) is 28.1. The van der Waals surface area contributed by atoms with Crippen LogP contribution in [0.4, 0.5) is 11.4 Å². The van der Waals surface area contributed by atoms with Crippen molar-refractivity contribution in [3.05, 3.63) is 59.7 Å². The molecule has 0 aliphatic carbocycles. The van der Waals surface area contributed by atoms with Gasteiger partial charge in [0.2, 0.25) is 0 Å². The van der Waals surface area contributed by atoms with E-state index in [4.69, 9.17) is 28.4 Å². The maximum absolute atomic E-state index is 11.0. The highest BCUT2D eigenvalue weighted by molar-refractivity contribution is 5.76. The number of carbonyl (C=O) groups is 2. The van der Waals surface area contributed by atoms with Crippen molar-refractivity contribution in [1.29, 1.82) is 0 Å². The minimum Gasteiger partial charge on any atom is -0.377 e. The van der Waals surface area contributed by atoms with Crippen LogP contribution < -0.4 is 9.80 Å². The van der Waals surface area contributed by atoms with Gasteiger partial charge >= 0.3 is 0 Å². The number of hydrogen-bond acceptors (Lipinski definition) is 10. The Bertz CT molecular complexity index is 840. The molecule has 1 aliphatic heterocycles. The molecule has 0 saturated carbocycles. The largest absolute Gasteiger partial charge is 0.377 e. The average molecular weight is 559 g/mol. The third-order valence-corrected chi connectivity index (χ3v) is 6.30. The Kier molecular flexibility index (Phi) is 15.9. The monoisotopic (exact) mass is 558 g/mol.